The van der Waals surface area contributed by atoms with Crippen molar-refractivity contribution < 1.29 is 4.52 Å². The highest BCUT2D eigenvalue weighted by atomic mass is 127. The van der Waals surface area contributed by atoms with E-state index in [0.29, 0.717) is 10.9 Å². The van der Waals surface area contributed by atoms with E-state index in [9.17, 15) is 0 Å². The molecule has 2 rings (SSSR count). The van der Waals surface area contributed by atoms with Crippen LogP contribution < -0.4 is 5.73 Å². The van der Waals surface area contributed by atoms with Gasteiger partial charge in [0, 0.05) is 19.7 Å². The van der Waals surface area contributed by atoms with Gasteiger partial charge in [0.05, 0.1) is 0 Å². The first-order chi connectivity index (χ1) is 7.63. The molecule has 0 amide bonds. The number of hydrogen-bond acceptors (Lipinski definition) is 3. The average Bonchev–Trinajstić information content (AvgIpc) is 2.63. The molecule has 0 aliphatic rings. The first-order valence-corrected chi connectivity index (χ1v) is 6.28. The maximum absolute atomic E-state index is 5.98. The van der Waals surface area contributed by atoms with E-state index in [-0.39, 0.29) is 0 Å². The maximum atomic E-state index is 5.98. The molecular weight excluding hydrogens is 338 g/mol. The zero-order valence-corrected chi connectivity index (χ0v) is 11.5. The second kappa shape index (κ2) is 4.63. The van der Waals surface area contributed by atoms with Crippen LogP contribution in [0.25, 0.3) is 11.3 Å². The van der Waals surface area contributed by atoms with Gasteiger partial charge in [0.25, 0.3) is 0 Å². The van der Waals surface area contributed by atoms with Gasteiger partial charge in [0.15, 0.2) is 0 Å². The minimum absolute atomic E-state index is 0.383. The van der Waals surface area contributed by atoms with Crippen molar-refractivity contribution in [3.8, 4) is 11.3 Å². The highest BCUT2D eigenvalue weighted by Gasteiger charge is 2.16. The van der Waals surface area contributed by atoms with Gasteiger partial charge in [0.2, 0.25) is 5.88 Å². The summed E-state index contributed by atoms with van der Waals surface area (Å²) in [5.41, 5.74) is 8.39. The topological polar surface area (TPSA) is 52.0 Å². The molecule has 0 unspecified atom stereocenters. The number of halogens is 2. The van der Waals surface area contributed by atoms with E-state index in [0.717, 1.165) is 26.8 Å². The van der Waals surface area contributed by atoms with Crippen molar-refractivity contribution in [3.05, 3.63) is 32.4 Å². The van der Waals surface area contributed by atoms with Crippen LogP contribution in [0, 0.1) is 3.57 Å². The van der Waals surface area contributed by atoms with Crippen LogP contribution in [0.1, 0.15) is 12.5 Å². The fraction of sp³-hybridized carbons (Fsp3) is 0.182. The molecular formula is C11H10ClIN2O. The van der Waals surface area contributed by atoms with E-state index >= 15 is 0 Å². The fourth-order valence-electron chi connectivity index (χ4n) is 1.55. The van der Waals surface area contributed by atoms with Crippen LogP contribution in [0.4, 0.5) is 5.88 Å². The number of nitrogens with zero attached hydrogens (tertiary/aromatic N) is 1. The van der Waals surface area contributed by atoms with Crippen molar-refractivity contribution in [2.45, 2.75) is 13.3 Å². The summed E-state index contributed by atoms with van der Waals surface area (Å²) in [7, 11) is 0. The molecule has 1 aromatic heterocycles. The van der Waals surface area contributed by atoms with Crippen LogP contribution in [0.5, 0.6) is 0 Å². The number of rotatable bonds is 2. The number of benzene rings is 1. The van der Waals surface area contributed by atoms with Crippen LogP contribution in [-0.2, 0) is 6.42 Å². The van der Waals surface area contributed by atoms with E-state index in [1.807, 2.05) is 25.1 Å². The second-order valence-corrected chi connectivity index (χ2v) is 4.95. The Kier molecular flexibility index (Phi) is 3.39. The van der Waals surface area contributed by atoms with Gasteiger partial charge in [-0.05, 0) is 47.2 Å². The third kappa shape index (κ3) is 2.04. The normalized spacial score (nSPS) is 10.7. The van der Waals surface area contributed by atoms with E-state index in [4.69, 9.17) is 21.9 Å². The molecule has 1 aromatic carbocycles. The zero-order chi connectivity index (χ0) is 11.7. The molecule has 0 radical (unpaired) electrons. The van der Waals surface area contributed by atoms with Crippen molar-refractivity contribution in [1.29, 1.82) is 0 Å². The summed E-state index contributed by atoms with van der Waals surface area (Å²) in [5, 5.41) is 4.67. The van der Waals surface area contributed by atoms with Gasteiger partial charge in [-0.1, -0.05) is 23.7 Å². The van der Waals surface area contributed by atoms with E-state index in [1.165, 1.54) is 0 Å². The Bertz CT molecular complexity index is 525. The number of anilines is 1. The summed E-state index contributed by atoms with van der Waals surface area (Å²) in [4.78, 5) is 0. The molecule has 0 atom stereocenters. The SMILES string of the molecule is CCc1c(-c2cc(Cl)ccc2I)noc1N. The Balaban J connectivity index is 2.62. The molecule has 16 heavy (non-hydrogen) atoms. The molecule has 0 saturated carbocycles. The van der Waals surface area contributed by atoms with Crippen molar-refractivity contribution in [3.63, 3.8) is 0 Å². The van der Waals surface area contributed by atoms with E-state index in [2.05, 4.69) is 27.7 Å². The van der Waals surface area contributed by atoms with Gasteiger partial charge in [-0.2, -0.15) is 0 Å². The van der Waals surface area contributed by atoms with Gasteiger partial charge in [0.1, 0.15) is 5.69 Å². The molecule has 2 N–H and O–H groups in total. The van der Waals surface area contributed by atoms with Crippen molar-refractivity contribution in [1.82, 2.24) is 5.16 Å². The van der Waals surface area contributed by atoms with Gasteiger partial charge >= 0.3 is 0 Å². The lowest BCUT2D eigenvalue weighted by molar-refractivity contribution is 0.438. The van der Waals surface area contributed by atoms with Gasteiger partial charge in [-0.15, -0.1) is 0 Å². The zero-order valence-electron chi connectivity index (χ0n) is 8.63. The number of nitrogen functional groups attached to an aromatic ring is 1. The third-order valence-electron chi connectivity index (χ3n) is 2.36. The van der Waals surface area contributed by atoms with Crippen LogP contribution in [0.2, 0.25) is 5.02 Å². The smallest absolute Gasteiger partial charge is 0.225 e. The summed E-state index contributed by atoms with van der Waals surface area (Å²) in [6, 6.07) is 5.67. The van der Waals surface area contributed by atoms with Crippen molar-refractivity contribution >= 4 is 40.1 Å². The van der Waals surface area contributed by atoms with Gasteiger partial charge in [-0.3, -0.25) is 0 Å². The Hall–Kier alpha value is -0.750. The van der Waals surface area contributed by atoms with Gasteiger partial charge < -0.3 is 10.3 Å². The van der Waals surface area contributed by atoms with E-state index < -0.39 is 0 Å². The first kappa shape index (κ1) is 11.7. The predicted octanol–water partition coefficient (Wildman–Crippen LogP) is 3.74. The highest BCUT2D eigenvalue weighted by molar-refractivity contribution is 14.1. The summed E-state index contributed by atoms with van der Waals surface area (Å²) in [6.45, 7) is 2.02. The van der Waals surface area contributed by atoms with Crippen LogP contribution in [-0.4, -0.2) is 5.16 Å². The number of nitrogens with two attached hydrogens (primary N) is 1. The quantitative estimate of drug-likeness (QED) is 0.841. The van der Waals surface area contributed by atoms with Crippen LogP contribution in [0.3, 0.4) is 0 Å². The monoisotopic (exact) mass is 348 g/mol. The van der Waals surface area contributed by atoms with Crippen molar-refractivity contribution in [2.75, 3.05) is 5.73 Å². The Morgan fingerprint density at radius 2 is 2.25 bits per heavy atom. The van der Waals surface area contributed by atoms with E-state index in [1.54, 1.807) is 0 Å². The molecule has 0 fully saturated rings. The standard InChI is InChI=1S/C11H10ClIN2O/c1-2-7-10(15-16-11(7)14)8-5-6(12)3-4-9(8)13/h3-5H,2,14H2,1H3. The fourth-order valence-corrected chi connectivity index (χ4v) is 2.32. The molecule has 2 aromatic rings. The lowest BCUT2D eigenvalue weighted by atomic mass is 10.1. The molecule has 0 aliphatic heterocycles. The molecule has 5 heteroatoms. The lowest BCUT2D eigenvalue weighted by Crippen LogP contribution is -1.91. The molecule has 3 nitrogen and oxygen atoms in total. The van der Waals surface area contributed by atoms with Crippen LogP contribution in [0.15, 0.2) is 22.7 Å². The number of hydrogen-bond donors (Lipinski definition) is 1. The summed E-state index contributed by atoms with van der Waals surface area (Å²) < 4.78 is 6.09. The summed E-state index contributed by atoms with van der Waals surface area (Å²) in [5.74, 6) is 0.383. The first-order valence-electron chi connectivity index (χ1n) is 4.83. The van der Waals surface area contributed by atoms with Crippen LogP contribution >= 0.6 is 34.2 Å². The summed E-state index contributed by atoms with van der Waals surface area (Å²) in [6.07, 6.45) is 0.785. The lowest BCUT2D eigenvalue weighted by Gasteiger charge is -2.03. The highest BCUT2D eigenvalue weighted by Crippen LogP contribution is 2.32. The largest absolute Gasteiger partial charge is 0.367 e. The molecule has 84 valence electrons. The molecule has 0 bridgehead atoms. The minimum Gasteiger partial charge on any atom is -0.367 e. The Morgan fingerprint density at radius 3 is 2.94 bits per heavy atom. The summed E-state index contributed by atoms with van der Waals surface area (Å²) >= 11 is 8.22. The maximum Gasteiger partial charge on any atom is 0.225 e. The minimum atomic E-state index is 0.383. The predicted molar refractivity (Wildman–Crippen MR) is 73.5 cm³/mol. The molecule has 0 saturated heterocycles. The molecule has 1 heterocycles. The van der Waals surface area contributed by atoms with Crippen molar-refractivity contribution in [2.24, 2.45) is 0 Å². The average molecular weight is 349 g/mol. The second-order valence-electron chi connectivity index (χ2n) is 3.35. The number of aromatic nitrogens is 1. The Morgan fingerprint density at radius 1 is 1.50 bits per heavy atom. The Labute approximate surface area is 112 Å². The van der Waals surface area contributed by atoms with Gasteiger partial charge in [-0.25, -0.2) is 0 Å². The molecule has 0 spiro atoms. The third-order valence-corrected chi connectivity index (χ3v) is 3.53. The molecule has 0 aliphatic carbocycles.